The first-order valence-corrected chi connectivity index (χ1v) is 47.3. The predicted molar refractivity (Wildman–Crippen MR) is 488 cm³/mol. The number of ether oxygens (including phenoxy) is 4. The zero-order valence-corrected chi connectivity index (χ0v) is 75.2. The van der Waals surface area contributed by atoms with E-state index in [1.54, 1.807) is 78.9 Å². The number of fused-ring (bicyclic) bond motifs is 3. The lowest BCUT2D eigenvalue weighted by atomic mass is 10.0. The predicted octanol–water partition coefficient (Wildman–Crippen LogP) is 19.5. The summed E-state index contributed by atoms with van der Waals surface area (Å²) in [5, 5.41) is 6.59. The van der Waals surface area contributed by atoms with Crippen LogP contribution in [0.4, 0.5) is 4.79 Å². The Kier molecular flexibility index (Phi) is 43.7. The number of benzene rings is 6. The van der Waals surface area contributed by atoms with Crippen LogP contribution in [-0.2, 0) is 54.1 Å². The van der Waals surface area contributed by atoms with Gasteiger partial charge in [0.2, 0.25) is 30.1 Å². The van der Waals surface area contributed by atoms with Gasteiger partial charge in [0.25, 0.3) is 0 Å². The molecule has 662 valence electrons. The Bertz CT molecular complexity index is 4490. The summed E-state index contributed by atoms with van der Waals surface area (Å²) < 4.78 is 110. The minimum Gasteiger partial charge on any atom is -0.484 e. The van der Waals surface area contributed by atoms with Crippen molar-refractivity contribution in [2.45, 2.75) is 267 Å². The Labute approximate surface area is 737 Å². The van der Waals surface area contributed by atoms with E-state index in [2.05, 4.69) is 34.2 Å². The Balaban J connectivity index is 0.000000316. The summed E-state index contributed by atoms with van der Waals surface area (Å²) in [7, 11) is -2.76. The van der Waals surface area contributed by atoms with Gasteiger partial charge in [-0.2, -0.15) is 0 Å². The van der Waals surface area contributed by atoms with Crippen LogP contribution in [0.15, 0.2) is 112 Å². The van der Waals surface area contributed by atoms with Crippen molar-refractivity contribution < 1.29 is 49.0 Å². The lowest BCUT2D eigenvalue weighted by molar-refractivity contribution is 0.0360. The van der Waals surface area contributed by atoms with Crippen LogP contribution in [0, 0.1) is 13.8 Å². The van der Waals surface area contributed by atoms with Crippen molar-refractivity contribution in [2.24, 2.45) is 17.2 Å². The first kappa shape index (κ1) is 104. The van der Waals surface area contributed by atoms with E-state index in [1.165, 1.54) is 0 Å². The molecule has 21 nitrogen and oxygen atoms in total. The number of carbonyl (C=O) groups is 1. The largest absolute Gasteiger partial charge is 0.484 e. The molecule has 0 radical (unpaired) electrons. The highest BCUT2D eigenvalue weighted by Crippen LogP contribution is 2.47. The maximum atomic E-state index is 13.1. The molecule has 6 aromatic rings. The van der Waals surface area contributed by atoms with Crippen LogP contribution in [0.5, 0.6) is 17.2 Å². The summed E-state index contributed by atoms with van der Waals surface area (Å²) in [5.74, 6) is 1.83. The van der Waals surface area contributed by atoms with Gasteiger partial charge in [0.1, 0.15) is 41.2 Å². The topological polar surface area (TPSA) is 292 Å². The summed E-state index contributed by atoms with van der Waals surface area (Å²) >= 11 is 38.6. The van der Waals surface area contributed by atoms with Crippen molar-refractivity contribution in [3.05, 3.63) is 172 Å². The first-order valence-electron chi connectivity index (χ1n) is 40.5. The molecule has 0 unspecified atom stereocenters. The fourth-order valence-corrected chi connectivity index (χ4v) is 20.3. The Morgan fingerprint density at radius 3 is 1.19 bits per heavy atom. The van der Waals surface area contributed by atoms with Crippen molar-refractivity contribution in [3.63, 3.8) is 0 Å². The van der Waals surface area contributed by atoms with E-state index in [1.807, 2.05) is 81.0 Å². The molecule has 10 N–H and O–H groups in total. The van der Waals surface area contributed by atoms with Crippen LogP contribution >= 0.6 is 69.6 Å². The van der Waals surface area contributed by atoms with Gasteiger partial charge in [-0.1, -0.05) is 169 Å². The molecule has 6 aromatic carbocycles. The summed E-state index contributed by atoms with van der Waals surface area (Å²) in [6, 6.07) is 27.6. The van der Waals surface area contributed by atoms with Gasteiger partial charge in [0, 0.05) is 79.0 Å². The number of sulfonamides is 3. The fourth-order valence-electron chi connectivity index (χ4n) is 15.2. The Morgan fingerprint density at radius 1 is 0.466 bits per heavy atom. The van der Waals surface area contributed by atoms with Gasteiger partial charge in [0.15, 0.2) is 0 Å². The number of unbranched alkanes of at least 4 members (excludes halogenated alkanes) is 15. The third kappa shape index (κ3) is 30.9. The molecular weight excluding hydrogens is 1680 g/mol. The van der Waals surface area contributed by atoms with Gasteiger partial charge in [-0.05, 0) is 284 Å². The molecule has 4 aliphatic rings. The molecule has 0 saturated carbocycles. The maximum absolute atomic E-state index is 13.1. The summed E-state index contributed by atoms with van der Waals surface area (Å²) in [4.78, 5) is 19.8. The van der Waals surface area contributed by atoms with Crippen molar-refractivity contribution in [1.29, 1.82) is 0 Å². The van der Waals surface area contributed by atoms with Crippen molar-refractivity contribution in [2.75, 3.05) is 80.5 Å². The number of alkyl carbamates (subject to hydrolysis) is 1. The number of likely N-dealkylation sites (N-methyl/N-ethyl adjacent to an activating group) is 2. The highest BCUT2D eigenvalue weighted by molar-refractivity contribution is 7.90. The molecule has 1 amide bonds. The number of hydrogen-bond donors (Lipinski definition) is 7. The average molecular weight is 1820 g/mol. The molecule has 0 spiro atoms. The third-order valence-corrected chi connectivity index (χ3v) is 27.4. The minimum atomic E-state index is -3.65. The number of likely N-dealkylation sites (tertiary alicyclic amines) is 1. The van der Waals surface area contributed by atoms with E-state index < -0.39 is 47.9 Å². The molecule has 10 rings (SSSR count). The van der Waals surface area contributed by atoms with E-state index in [9.17, 15) is 30.0 Å². The number of halogens is 6. The Hall–Kier alpha value is -4.78. The maximum Gasteiger partial charge on any atom is 0.407 e. The number of nitrogens with zero attached hydrogens (tertiary/aromatic N) is 3. The van der Waals surface area contributed by atoms with Crippen LogP contribution in [-0.4, -0.2) is 156 Å². The number of amides is 1. The highest BCUT2D eigenvalue weighted by Gasteiger charge is 2.43. The molecule has 0 bridgehead atoms. The van der Waals surface area contributed by atoms with Crippen molar-refractivity contribution in [3.8, 4) is 17.2 Å². The van der Waals surface area contributed by atoms with Gasteiger partial charge in [-0.15, -0.1) is 0 Å². The van der Waals surface area contributed by atoms with Gasteiger partial charge in [-0.25, -0.2) is 44.2 Å². The second-order valence-corrected chi connectivity index (χ2v) is 39.8. The summed E-state index contributed by atoms with van der Waals surface area (Å²) in [5.41, 5.74) is 23.4. The number of hydrogen-bond acceptors (Lipinski definition) is 17. The molecule has 1 aliphatic heterocycles. The van der Waals surface area contributed by atoms with E-state index in [0.29, 0.717) is 92.1 Å². The fraction of sp³-hybridized carbons (Fsp3) is 0.580. The van der Waals surface area contributed by atoms with Crippen LogP contribution in [0.2, 0.25) is 30.1 Å². The Morgan fingerprint density at radius 2 is 0.814 bits per heavy atom. The molecule has 30 heteroatoms. The summed E-state index contributed by atoms with van der Waals surface area (Å²) in [6.07, 6.45) is 21.2. The quantitative estimate of drug-likeness (QED) is 0.0176. The highest BCUT2D eigenvalue weighted by atomic mass is 35.5. The second-order valence-electron chi connectivity index (χ2n) is 32.0. The molecule has 7 atom stereocenters. The van der Waals surface area contributed by atoms with Crippen molar-refractivity contribution in [1.82, 2.24) is 34.2 Å². The zero-order valence-electron chi connectivity index (χ0n) is 68.3. The minimum absolute atomic E-state index is 0. The zero-order chi connectivity index (χ0) is 83.8. The molecular formula is C88H134Cl6N10O11S3. The van der Waals surface area contributed by atoms with Gasteiger partial charge in [0.05, 0.1) is 32.8 Å². The number of piperidine rings is 1. The molecule has 118 heavy (non-hydrogen) atoms. The molecule has 0 aromatic heterocycles. The molecule has 1 saturated heterocycles. The molecule has 3 aliphatic carbocycles. The van der Waals surface area contributed by atoms with E-state index in [4.69, 9.17) is 106 Å². The molecule has 1 heterocycles. The first-order chi connectivity index (χ1) is 54.6. The van der Waals surface area contributed by atoms with E-state index >= 15 is 0 Å². The molecule has 1 fully saturated rings. The number of aryl methyl sites for hydroxylation is 2. The smallest absolute Gasteiger partial charge is 0.407 e. The van der Waals surface area contributed by atoms with Gasteiger partial charge in [-0.3, -0.25) is 4.90 Å². The van der Waals surface area contributed by atoms with Gasteiger partial charge < -0.3 is 51.3 Å². The van der Waals surface area contributed by atoms with Crippen LogP contribution < -0.4 is 50.9 Å². The van der Waals surface area contributed by atoms with Crippen molar-refractivity contribution >= 4 is 106 Å². The summed E-state index contributed by atoms with van der Waals surface area (Å²) in [6.45, 7) is 14.2. The SMILES string of the molecule is C.C.C.CN(C)[C@H]1Cc2c(Cl)cc(Cl)cc2[C@@H]1Oc1ccc(S(=O)(=O)NCCCCCCCCN)cc1.Cc1cc(S(=O)(=O)NCCCCCCCCN)ccc1O[C@H]1c2cc(Cl)cc(Cl)c2C[C@@H]1N(C)C.Cc1cc(S(=O)(=O)NCCCCCCCCN)ccc1O[C@H]1c2cc(Cl)cc(Cl)c2C[C@@H]1N1CCC[C@@H](NC(=O)OC(C)(C)C)C1. The third-order valence-electron chi connectivity index (χ3n) is 21.3. The monoisotopic (exact) mass is 1810 g/mol. The lowest BCUT2D eigenvalue weighted by Gasteiger charge is -2.39. The number of carbonyl (C=O) groups excluding carboxylic acids is 1. The number of nitrogens with two attached hydrogens (primary N) is 3. The van der Waals surface area contributed by atoms with Crippen LogP contribution in [0.1, 0.15) is 234 Å². The van der Waals surface area contributed by atoms with Crippen LogP contribution in [0.25, 0.3) is 0 Å². The van der Waals surface area contributed by atoms with E-state index in [0.717, 1.165) is 200 Å². The average Bonchev–Trinajstić information content (AvgIpc) is 1.61. The number of rotatable bonds is 40. The van der Waals surface area contributed by atoms with Crippen LogP contribution in [0.3, 0.4) is 0 Å². The normalized spacial score (nSPS) is 18.3. The standard InChI is InChI=1S/C34H50Cl2N4O5S.C26H37Cl2N3O3S.C25H35Cl2N3O3S.3CH4/c1-23-18-26(46(42,43)38-16-10-8-6-5-7-9-15-37)13-14-31(23)44-32-28-19-24(35)20-29(36)27(28)21-30(32)40-17-11-12-25(22-40)39-33(41)45-34(2,3)4;1-18-14-20(35(32,33)30-13-9-7-5-4-6-8-12-29)10-11-25(18)34-26-22-15-19(27)16-23(28)21(22)17-24(26)31(2)3;1-30(2)24-17-21-22(15-18(26)16-23(21)27)25(24)33-19-9-11-20(12-10-19)34(31,32)29-14-8-6-4-3-5-7-13-28;;;/h13-14,18-20,25,30,32,38H,5-12,15-17,21-22,37H2,1-4H3,(H,39,41);10-11,14-16,24,26,30H,4-9,12-13,17,29H2,1-3H3;9-12,15-16,24-25,29H,3-8,13-14,17,28H2,1-2H3;3*1H4/t25-,30+,32+;24-,26-;24-,25-;;;/m100.../s1. The van der Waals surface area contributed by atoms with Gasteiger partial charge >= 0.3 is 6.09 Å². The van der Waals surface area contributed by atoms with E-state index in [-0.39, 0.29) is 73.3 Å². The lowest BCUT2D eigenvalue weighted by Crippen LogP contribution is -2.53. The second kappa shape index (κ2) is 49.6. The number of nitrogens with one attached hydrogen (secondary N) is 4.